The lowest BCUT2D eigenvalue weighted by molar-refractivity contribution is -0.172. The molecule has 2 heterocycles. The van der Waals surface area contributed by atoms with Crippen LogP contribution in [-0.2, 0) is 21.5 Å². The molecule has 6 heteroatoms. The molecule has 2 unspecified atom stereocenters. The summed E-state index contributed by atoms with van der Waals surface area (Å²) in [5.74, 6) is 2.30. The van der Waals surface area contributed by atoms with Crippen molar-refractivity contribution in [2.75, 3.05) is 13.4 Å². The van der Waals surface area contributed by atoms with E-state index in [-0.39, 0.29) is 30.6 Å². The van der Waals surface area contributed by atoms with Crippen LogP contribution in [0.15, 0.2) is 42.5 Å². The minimum atomic E-state index is -0.473. The topological polar surface area (TPSA) is 66.8 Å². The molecule has 1 aromatic heterocycles. The third kappa shape index (κ3) is 4.38. The van der Waals surface area contributed by atoms with Crippen LogP contribution in [0.5, 0.6) is 11.5 Å². The van der Waals surface area contributed by atoms with Crippen molar-refractivity contribution in [1.82, 2.24) is 4.57 Å². The number of ether oxygens (including phenoxy) is 3. The lowest BCUT2D eigenvalue weighted by atomic mass is 9.43. The SMILES string of the molecule is Cc1ccc(C23C[C@@H]4C[C@@H](CC(C(=O)OCC(=O)c5cc(C)n(Cc6ccc7c(c6)OCO7)c5C)(C4)C2)C3)cc1C. The zero-order valence-electron chi connectivity index (χ0n) is 24.5. The third-order valence-corrected chi connectivity index (χ3v) is 10.6. The molecule has 3 aromatic rings. The maximum absolute atomic E-state index is 13.8. The number of Topliss-reactive ketones (excluding diaryl/α,β-unsaturated/α-hetero) is 1. The minimum Gasteiger partial charge on any atom is -0.457 e. The molecule has 6 nitrogen and oxygen atoms in total. The smallest absolute Gasteiger partial charge is 0.312 e. The van der Waals surface area contributed by atoms with Crippen LogP contribution in [0.2, 0.25) is 0 Å². The van der Waals surface area contributed by atoms with E-state index in [9.17, 15) is 9.59 Å². The number of hydrogen-bond acceptors (Lipinski definition) is 5. The summed E-state index contributed by atoms with van der Waals surface area (Å²) in [7, 11) is 0. The number of hydrogen-bond donors (Lipinski definition) is 0. The van der Waals surface area contributed by atoms with Gasteiger partial charge < -0.3 is 18.8 Å². The van der Waals surface area contributed by atoms with Crippen LogP contribution in [0.1, 0.15) is 82.5 Å². The number of aromatic nitrogens is 1. The molecule has 4 saturated carbocycles. The molecule has 41 heavy (non-hydrogen) atoms. The van der Waals surface area contributed by atoms with Crippen LogP contribution in [-0.4, -0.2) is 29.7 Å². The number of ketones is 1. The number of carbonyl (C=O) groups excluding carboxylic acids is 2. The number of carbonyl (C=O) groups is 2. The number of rotatable bonds is 7. The molecule has 0 saturated heterocycles. The van der Waals surface area contributed by atoms with Gasteiger partial charge in [-0.05, 0) is 124 Å². The van der Waals surface area contributed by atoms with Crippen LogP contribution < -0.4 is 9.47 Å². The van der Waals surface area contributed by atoms with Gasteiger partial charge in [-0.3, -0.25) is 9.59 Å². The van der Waals surface area contributed by atoms with Gasteiger partial charge in [-0.2, -0.15) is 0 Å². The van der Waals surface area contributed by atoms with Crippen molar-refractivity contribution in [2.45, 2.75) is 78.2 Å². The Morgan fingerprint density at radius 1 is 0.902 bits per heavy atom. The van der Waals surface area contributed by atoms with Crippen LogP contribution in [0.3, 0.4) is 0 Å². The van der Waals surface area contributed by atoms with Gasteiger partial charge in [-0.15, -0.1) is 0 Å². The first kappa shape index (κ1) is 26.4. The summed E-state index contributed by atoms with van der Waals surface area (Å²) in [4.78, 5) is 27.2. The van der Waals surface area contributed by atoms with Gasteiger partial charge in [0.05, 0.1) is 5.41 Å². The number of aryl methyl sites for hydroxylation is 3. The van der Waals surface area contributed by atoms with Crippen molar-refractivity contribution in [2.24, 2.45) is 17.3 Å². The largest absolute Gasteiger partial charge is 0.457 e. The molecular formula is C35H39NO5. The molecule has 0 N–H and O–H groups in total. The molecule has 214 valence electrons. The first-order valence-corrected chi connectivity index (χ1v) is 15.0. The van der Waals surface area contributed by atoms with E-state index in [1.807, 2.05) is 38.1 Å². The maximum Gasteiger partial charge on any atom is 0.312 e. The quantitative estimate of drug-likeness (QED) is 0.239. The van der Waals surface area contributed by atoms with Gasteiger partial charge in [0.1, 0.15) is 0 Å². The third-order valence-electron chi connectivity index (χ3n) is 10.6. The van der Waals surface area contributed by atoms with Crippen molar-refractivity contribution < 1.29 is 23.8 Å². The van der Waals surface area contributed by atoms with Crippen molar-refractivity contribution in [1.29, 1.82) is 0 Å². The zero-order valence-corrected chi connectivity index (χ0v) is 24.5. The second-order valence-corrected chi connectivity index (χ2v) is 13.4. The monoisotopic (exact) mass is 553 g/mol. The van der Waals surface area contributed by atoms with Crippen LogP contribution in [0, 0.1) is 44.9 Å². The van der Waals surface area contributed by atoms with Gasteiger partial charge in [0.15, 0.2) is 18.1 Å². The molecule has 0 radical (unpaired) electrons. The van der Waals surface area contributed by atoms with Gasteiger partial charge in [-0.25, -0.2) is 0 Å². The summed E-state index contributed by atoms with van der Waals surface area (Å²) in [6.07, 6.45) is 6.17. The normalized spacial score (nSPS) is 27.3. The van der Waals surface area contributed by atoms with Gasteiger partial charge in [0, 0.05) is 23.5 Å². The van der Waals surface area contributed by atoms with Crippen molar-refractivity contribution >= 4 is 11.8 Å². The Balaban J connectivity index is 1.06. The van der Waals surface area contributed by atoms with Crippen molar-refractivity contribution in [3.05, 3.63) is 81.7 Å². The highest BCUT2D eigenvalue weighted by Gasteiger charge is 2.61. The summed E-state index contributed by atoms with van der Waals surface area (Å²) < 4.78 is 19.0. The van der Waals surface area contributed by atoms with Gasteiger partial charge >= 0.3 is 5.97 Å². The molecule has 4 atom stereocenters. The fourth-order valence-electron chi connectivity index (χ4n) is 8.82. The maximum atomic E-state index is 13.8. The highest BCUT2D eigenvalue weighted by atomic mass is 16.7. The fraction of sp³-hybridized carbons (Fsp3) is 0.486. The summed E-state index contributed by atoms with van der Waals surface area (Å²) in [6, 6.07) is 14.7. The Hall–Kier alpha value is -3.54. The summed E-state index contributed by atoms with van der Waals surface area (Å²) in [5, 5.41) is 0. The van der Waals surface area contributed by atoms with E-state index in [1.54, 1.807) is 0 Å². The van der Waals surface area contributed by atoms with E-state index >= 15 is 0 Å². The van der Waals surface area contributed by atoms with E-state index in [2.05, 4.69) is 36.6 Å². The van der Waals surface area contributed by atoms with E-state index in [0.717, 1.165) is 60.6 Å². The molecule has 0 spiro atoms. The lowest BCUT2D eigenvalue weighted by Crippen LogP contribution is -2.57. The number of benzene rings is 2. The van der Waals surface area contributed by atoms with Crippen LogP contribution in [0.25, 0.3) is 0 Å². The van der Waals surface area contributed by atoms with Crippen LogP contribution in [0.4, 0.5) is 0 Å². The average molecular weight is 554 g/mol. The molecule has 2 aromatic carbocycles. The standard InChI is InChI=1S/C35H39NO5/c1-21-5-7-28(9-22(21)2)34-13-26-11-27(14-34)16-35(15-26,19-34)33(38)39-18-30(37)29-10-23(3)36(24(29)4)17-25-6-8-31-32(12-25)41-20-40-31/h5-10,12,26-27H,11,13-20H2,1-4H3/t26-,27+,34?,35?. The Labute approximate surface area is 242 Å². The van der Waals surface area contributed by atoms with Crippen molar-refractivity contribution in [3.63, 3.8) is 0 Å². The molecule has 0 amide bonds. The predicted molar refractivity (Wildman–Crippen MR) is 156 cm³/mol. The van der Waals surface area contributed by atoms with Gasteiger partial charge in [-0.1, -0.05) is 24.3 Å². The van der Waals surface area contributed by atoms with E-state index in [1.165, 1.54) is 23.1 Å². The Bertz CT molecular complexity index is 1550. The number of fused-ring (bicyclic) bond motifs is 1. The first-order valence-electron chi connectivity index (χ1n) is 15.0. The summed E-state index contributed by atoms with van der Waals surface area (Å²) in [5.41, 5.74) is 7.14. The first-order chi connectivity index (χ1) is 19.6. The molecule has 4 aliphatic carbocycles. The predicted octanol–water partition coefficient (Wildman–Crippen LogP) is 6.76. The molecule has 4 fully saturated rings. The summed E-state index contributed by atoms with van der Waals surface area (Å²) >= 11 is 0. The Kier molecular flexibility index (Phi) is 6.11. The molecule has 8 rings (SSSR count). The summed E-state index contributed by atoms with van der Waals surface area (Å²) in [6.45, 7) is 8.96. The second-order valence-electron chi connectivity index (χ2n) is 13.4. The van der Waals surface area contributed by atoms with Crippen LogP contribution >= 0.6 is 0 Å². The fourth-order valence-corrected chi connectivity index (χ4v) is 8.82. The van der Waals surface area contributed by atoms with E-state index in [4.69, 9.17) is 14.2 Å². The van der Waals surface area contributed by atoms with E-state index < -0.39 is 5.41 Å². The molecule has 5 aliphatic rings. The molecule has 1 aliphatic heterocycles. The number of nitrogens with zero attached hydrogens (tertiary/aromatic N) is 1. The zero-order chi connectivity index (χ0) is 28.5. The van der Waals surface area contributed by atoms with E-state index in [0.29, 0.717) is 23.9 Å². The molecule has 4 bridgehead atoms. The minimum absolute atomic E-state index is 0.0468. The van der Waals surface area contributed by atoms with Gasteiger partial charge in [0.2, 0.25) is 12.6 Å². The Morgan fingerprint density at radius 3 is 2.41 bits per heavy atom. The Morgan fingerprint density at radius 2 is 1.66 bits per heavy atom. The highest BCUT2D eigenvalue weighted by molar-refractivity contribution is 5.99. The lowest BCUT2D eigenvalue weighted by Gasteiger charge is -2.61. The molecular weight excluding hydrogens is 514 g/mol. The number of esters is 1. The highest BCUT2D eigenvalue weighted by Crippen LogP contribution is 2.66. The van der Waals surface area contributed by atoms with Crippen molar-refractivity contribution in [3.8, 4) is 11.5 Å². The average Bonchev–Trinajstić information content (AvgIpc) is 3.52. The van der Waals surface area contributed by atoms with Gasteiger partial charge in [0.25, 0.3) is 0 Å². The second kappa shape index (κ2) is 9.50.